The molecule has 2 atom stereocenters. The Morgan fingerprint density at radius 1 is 1.19 bits per heavy atom. The van der Waals surface area contributed by atoms with Gasteiger partial charge in [0.05, 0.1) is 12.2 Å². The molecular formula is C13H19FO2. The van der Waals surface area contributed by atoms with E-state index in [1.54, 1.807) is 18.2 Å². The van der Waals surface area contributed by atoms with Gasteiger partial charge in [0.25, 0.3) is 0 Å². The predicted octanol–water partition coefficient (Wildman–Crippen LogP) is 2.14. The van der Waals surface area contributed by atoms with Crippen LogP contribution in [0.2, 0.25) is 0 Å². The lowest BCUT2D eigenvalue weighted by Crippen LogP contribution is -2.39. The minimum Gasteiger partial charge on any atom is -0.390 e. The van der Waals surface area contributed by atoms with Gasteiger partial charge in [-0.1, -0.05) is 39.0 Å². The van der Waals surface area contributed by atoms with E-state index in [2.05, 4.69) is 0 Å². The van der Waals surface area contributed by atoms with Crippen molar-refractivity contribution in [3.8, 4) is 0 Å². The summed E-state index contributed by atoms with van der Waals surface area (Å²) in [7, 11) is 0. The van der Waals surface area contributed by atoms with Gasteiger partial charge in [-0.15, -0.1) is 0 Å². The zero-order chi connectivity index (χ0) is 12.3. The number of aliphatic hydroxyl groups excluding tert-OH is 2. The van der Waals surface area contributed by atoms with Crippen LogP contribution >= 0.6 is 0 Å². The molecular weight excluding hydrogens is 207 g/mol. The molecule has 90 valence electrons. The van der Waals surface area contributed by atoms with Crippen molar-refractivity contribution in [1.29, 1.82) is 0 Å². The smallest absolute Gasteiger partial charge is 0.126 e. The molecule has 3 heteroatoms. The maximum absolute atomic E-state index is 13.3. The highest BCUT2D eigenvalue weighted by Crippen LogP contribution is 2.23. The Balaban J connectivity index is 2.72. The Morgan fingerprint density at radius 2 is 1.75 bits per heavy atom. The molecule has 2 unspecified atom stereocenters. The Hall–Kier alpha value is -0.930. The third-order valence-electron chi connectivity index (χ3n) is 2.64. The minimum absolute atomic E-state index is 0.130. The Kier molecular flexibility index (Phi) is 4.05. The summed E-state index contributed by atoms with van der Waals surface area (Å²) in [5.41, 5.74) is 0.0170. The van der Waals surface area contributed by atoms with E-state index in [4.69, 9.17) is 0 Å². The third kappa shape index (κ3) is 3.29. The van der Waals surface area contributed by atoms with E-state index in [9.17, 15) is 14.6 Å². The SMILES string of the molecule is CC(C)(C)C(O)C(O)Cc1ccccc1F. The maximum Gasteiger partial charge on any atom is 0.126 e. The van der Waals surface area contributed by atoms with Crippen LogP contribution in [-0.2, 0) is 6.42 Å². The second-order valence-electron chi connectivity index (χ2n) is 5.17. The quantitative estimate of drug-likeness (QED) is 0.829. The summed E-state index contributed by atoms with van der Waals surface area (Å²) in [4.78, 5) is 0. The molecule has 0 aliphatic carbocycles. The number of benzene rings is 1. The second-order valence-corrected chi connectivity index (χ2v) is 5.17. The average molecular weight is 226 g/mol. The third-order valence-corrected chi connectivity index (χ3v) is 2.64. The van der Waals surface area contributed by atoms with E-state index >= 15 is 0 Å². The van der Waals surface area contributed by atoms with Crippen molar-refractivity contribution < 1.29 is 14.6 Å². The molecule has 0 amide bonds. The second kappa shape index (κ2) is 4.93. The number of hydrogen-bond donors (Lipinski definition) is 2. The molecule has 1 rings (SSSR count). The maximum atomic E-state index is 13.3. The average Bonchev–Trinajstić information content (AvgIpc) is 2.19. The van der Waals surface area contributed by atoms with Crippen LogP contribution in [0.15, 0.2) is 24.3 Å². The van der Waals surface area contributed by atoms with Gasteiger partial charge >= 0.3 is 0 Å². The van der Waals surface area contributed by atoms with Gasteiger partial charge in [0, 0.05) is 6.42 Å². The van der Waals surface area contributed by atoms with Gasteiger partial charge in [0.1, 0.15) is 5.82 Å². The molecule has 0 fully saturated rings. The Labute approximate surface area is 95.7 Å². The van der Waals surface area contributed by atoms with E-state index in [0.717, 1.165) is 0 Å². The Bertz CT molecular complexity index is 344. The monoisotopic (exact) mass is 226 g/mol. The van der Waals surface area contributed by atoms with Crippen LogP contribution < -0.4 is 0 Å². The highest BCUT2D eigenvalue weighted by Gasteiger charge is 2.29. The molecule has 1 aromatic carbocycles. The molecule has 0 saturated carbocycles. The summed E-state index contributed by atoms with van der Waals surface area (Å²) in [5, 5.41) is 19.6. The summed E-state index contributed by atoms with van der Waals surface area (Å²) in [6, 6.07) is 6.29. The topological polar surface area (TPSA) is 40.5 Å². The summed E-state index contributed by atoms with van der Waals surface area (Å²) in [6.07, 6.45) is -1.69. The lowest BCUT2D eigenvalue weighted by molar-refractivity contribution is -0.0436. The summed E-state index contributed by atoms with van der Waals surface area (Å²) in [6.45, 7) is 5.51. The normalized spacial score (nSPS) is 15.9. The zero-order valence-corrected chi connectivity index (χ0v) is 9.94. The lowest BCUT2D eigenvalue weighted by atomic mass is 9.84. The van der Waals surface area contributed by atoms with Crippen LogP contribution in [-0.4, -0.2) is 22.4 Å². The number of hydrogen-bond acceptors (Lipinski definition) is 2. The largest absolute Gasteiger partial charge is 0.390 e. The van der Waals surface area contributed by atoms with Gasteiger partial charge in [0.15, 0.2) is 0 Å². The molecule has 0 bridgehead atoms. The first-order valence-corrected chi connectivity index (χ1v) is 5.42. The molecule has 0 radical (unpaired) electrons. The highest BCUT2D eigenvalue weighted by atomic mass is 19.1. The fourth-order valence-corrected chi connectivity index (χ4v) is 1.58. The number of aliphatic hydroxyl groups is 2. The molecule has 0 aromatic heterocycles. The zero-order valence-electron chi connectivity index (χ0n) is 9.94. The van der Waals surface area contributed by atoms with Crippen molar-refractivity contribution in [1.82, 2.24) is 0 Å². The van der Waals surface area contributed by atoms with Gasteiger partial charge in [-0.3, -0.25) is 0 Å². The fraction of sp³-hybridized carbons (Fsp3) is 0.538. The number of halogens is 1. The molecule has 1 aromatic rings. The first kappa shape index (κ1) is 13.1. The predicted molar refractivity (Wildman–Crippen MR) is 61.6 cm³/mol. The molecule has 0 spiro atoms. The summed E-state index contributed by atoms with van der Waals surface area (Å²) in [5.74, 6) is -0.345. The highest BCUT2D eigenvalue weighted by molar-refractivity contribution is 5.18. The summed E-state index contributed by atoms with van der Waals surface area (Å²) >= 11 is 0. The molecule has 0 aliphatic heterocycles. The van der Waals surface area contributed by atoms with E-state index in [0.29, 0.717) is 5.56 Å². The van der Waals surface area contributed by atoms with Crippen molar-refractivity contribution >= 4 is 0 Å². The van der Waals surface area contributed by atoms with Crippen molar-refractivity contribution in [3.63, 3.8) is 0 Å². The van der Waals surface area contributed by atoms with Crippen LogP contribution in [0.25, 0.3) is 0 Å². The minimum atomic E-state index is -0.947. The molecule has 16 heavy (non-hydrogen) atoms. The molecule has 2 N–H and O–H groups in total. The van der Waals surface area contributed by atoms with Gasteiger partial charge in [0.2, 0.25) is 0 Å². The molecule has 2 nitrogen and oxygen atoms in total. The van der Waals surface area contributed by atoms with Gasteiger partial charge in [-0.25, -0.2) is 4.39 Å². The van der Waals surface area contributed by atoms with E-state index in [1.807, 2.05) is 20.8 Å². The first-order valence-electron chi connectivity index (χ1n) is 5.42. The van der Waals surface area contributed by atoms with Crippen LogP contribution in [0, 0.1) is 11.2 Å². The van der Waals surface area contributed by atoms with Crippen LogP contribution in [0.4, 0.5) is 4.39 Å². The summed E-state index contributed by atoms with van der Waals surface area (Å²) < 4.78 is 13.3. The molecule has 0 saturated heterocycles. The van der Waals surface area contributed by atoms with Gasteiger partial charge < -0.3 is 10.2 Å². The molecule has 0 aliphatic rings. The van der Waals surface area contributed by atoms with Crippen molar-refractivity contribution in [2.24, 2.45) is 5.41 Å². The van der Waals surface area contributed by atoms with Gasteiger partial charge in [-0.2, -0.15) is 0 Å². The molecule has 0 heterocycles. The van der Waals surface area contributed by atoms with Crippen LogP contribution in [0.1, 0.15) is 26.3 Å². The lowest BCUT2D eigenvalue weighted by Gasteiger charge is -2.30. The van der Waals surface area contributed by atoms with E-state index in [-0.39, 0.29) is 12.2 Å². The standard InChI is InChI=1S/C13H19FO2/c1-13(2,3)12(16)11(15)8-9-6-4-5-7-10(9)14/h4-7,11-12,15-16H,8H2,1-3H3. The van der Waals surface area contributed by atoms with Crippen molar-refractivity contribution in [3.05, 3.63) is 35.6 Å². The van der Waals surface area contributed by atoms with Crippen LogP contribution in [0.3, 0.4) is 0 Å². The van der Waals surface area contributed by atoms with E-state index < -0.39 is 17.6 Å². The van der Waals surface area contributed by atoms with E-state index in [1.165, 1.54) is 6.07 Å². The Morgan fingerprint density at radius 3 is 2.25 bits per heavy atom. The van der Waals surface area contributed by atoms with Crippen molar-refractivity contribution in [2.75, 3.05) is 0 Å². The first-order chi connectivity index (χ1) is 7.32. The van der Waals surface area contributed by atoms with Crippen molar-refractivity contribution in [2.45, 2.75) is 39.4 Å². The number of rotatable bonds is 3. The van der Waals surface area contributed by atoms with Gasteiger partial charge in [-0.05, 0) is 17.0 Å². The fourth-order valence-electron chi connectivity index (χ4n) is 1.58. The van der Waals surface area contributed by atoms with Crippen LogP contribution in [0.5, 0.6) is 0 Å².